The lowest BCUT2D eigenvalue weighted by Gasteiger charge is -2.13. The maximum Gasteiger partial charge on any atom is 0.416 e. The second-order valence-corrected chi connectivity index (χ2v) is 5.34. The van der Waals surface area contributed by atoms with E-state index in [4.69, 9.17) is 9.84 Å². The summed E-state index contributed by atoms with van der Waals surface area (Å²) in [5.41, 5.74) is -0.947. The maximum absolute atomic E-state index is 13.0. The lowest BCUT2D eigenvalue weighted by Crippen LogP contribution is -2.09. The summed E-state index contributed by atoms with van der Waals surface area (Å²) >= 11 is 1.18. The number of para-hydroxylation sites is 1. The molecule has 0 fully saturated rings. The first-order valence-corrected chi connectivity index (χ1v) is 6.89. The Labute approximate surface area is 124 Å². The van der Waals surface area contributed by atoms with Crippen LogP contribution in [0.1, 0.15) is 11.1 Å². The highest BCUT2D eigenvalue weighted by Gasteiger charge is 2.33. The summed E-state index contributed by atoms with van der Waals surface area (Å²) in [6.45, 7) is -0.644. The van der Waals surface area contributed by atoms with Crippen LogP contribution in [0.15, 0.2) is 52.3 Å². The fourth-order valence-corrected chi connectivity index (χ4v) is 2.82. The molecule has 0 atom stereocenters. The Kier molecular flexibility index (Phi) is 4.80. The fraction of sp³-hybridized carbons (Fsp3) is 0.200. The van der Waals surface area contributed by atoms with E-state index in [1.807, 2.05) is 0 Å². The molecule has 2 aromatic rings. The summed E-state index contributed by atoms with van der Waals surface area (Å²) < 4.78 is 44.0. The normalized spacial score (nSPS) is 11.5. The van der Waals surface area contributed by atoms with Gasteiger partial charge in [-0.1, -0.05) is 30.0 Å². The molecule has 0 aromatic heterocycles. The number of hydrogen-bond donors (Lipinski definition) is 1. The lowest BCUT2D eigenvalue weighted by molar-refractivity contribution is -0.138. The van der Waals surface area contributed by atoms with Crippen LogP contribution in [0.3, 0.4) is 0 Å². The molecule has 0 unspecified atom stereocenters. The predicted octanol–water partition coefficient (Wildman–Crippen LogP) is 4.36. The number of alkyl halides is 3. The zero-order chi connectivity index (χ0) is 15.5. The number of methoxy groups -OCH3 is 1. The molecule has 0 amide bonds. The number of benzene rings is 2. The van der Waals surface area contributed by atoms with Crippen molar-refractivity contribution in [2.45, 2.75) is 22.6 Å². The van der Waals surface area contributed by atoms with Gasteiger partial charge < -0.3 is 9.84 Å². The molecule has 112 valence electrons. The summed E-state index contributed by atoms with van der Waals surface area (Å²) in [7, 11) is 1.51. The summed E-state index contributed by atoms with van der Waals surface area (Å²) in [4.78, 5) is 1.16. The van der Waals surface area contributed by atoms with Crippen LogP contribution < -0.4 is 4.74 Å². The molecule has 6 heteroatoms. The summed E-state index contributed by atoms with van der Waals surface area (Å²) in [6.07, 6.45) is -4.49. The second kappa shape index (κ2) is 6.41. The third-order valence-corrected chi connectivity index (χ3v) is 3.90. The lowest BCUT2D eigenvalue weighted by atomic mass is 10.1. The monoisotopic (exact) mass is 314 g/mol. The van der Waals surface area contributed by atoms with Crippen LogP contribution in [0.4, 0.5) is 13.2 Å². The van der Waals surface area contributed by atoms with Crippen molar-refractivity contribution in [3.05, 3.63) is 53.6 Å². The molecule has 0 spiro atoms. The van der Waals surface area contributed by atoms with Crippen molar-refractivity contribution in [2.24, 2.45) is 0 Å². The smallest absolute Gasteiger partial charge is 0.416 e. The molecule has 0 saturated heterocycles. The van der Waals surface area contributed by atoms with Gasteiger partial charge in [0.25, 0.3) is 0 Å². The van der Waals surface area contributed by atoms with E-state index in [1.54, 1.807) is 30.3 Å². The fourth-order valence-electron chi connectivity index (χ4n) is 1.85. The van der Waals surface area contributed by atoms with Gasteiger partial charge in [-0.25, -0.2) is 0 Å². The highest BCUT2D eigenvalue weighted by molar-refractivity contribution is 7.99. The van der Waals surface area contributed by atoms with Crippen molar-refractivity contribution in [1.29, 1.82) is 0 Å². The van der Waals surface area contributed by atoms with E-state index in [0.717, 1.165) is 11.0 Å². The molecule has 2 aromatic carbocycles. The zero-order valence-corrected chi connectivity index (χ0v) is 12.0. The highest BCUT2D eigenvalue weighted by atomic mass is 32.2. The molecule has 1 N–H and O–H groups in total. The van der Waals surface area contributed by atoms with Gasteiger partial charge in [0.1, 0.15) is 5.75 Å². The average molecular weight is 314 g/mol. The summed E-state index contributed by atoms with van der Waals surface area (Å²) in [5, 5.41) is 9.02. The van der Waals surface area contributed by atoms with E-state index in [1.165, 1.54) is 24.9 Å². The van der Waals surface area contributed by atoms with Crippen molar-refractivity contribution in [2.75, 3.05) is 7.11 Å². The van der Waals surface area contributed by atoms with E-state index >= 15 is 0 Å². The number of aliphatic hydroxyl groups is 1. The number of rotatable bonds is 4. The molecule has 0 aliphatic carbocycles. The number of hydrogen-bond acceptors (Lipinski definition) is 3. The minimum absolute atomic E-state index is 0.133. The Balaban J connectivity index is 2.37. The summed E-state index contributed by atoms with van der Waals surface area (Å²) in [5.74, 6) is 0.599. The molecule has 0 aliphatic rings. The van der Waals surface area contributed by atoms with Crippen molar-refractivity contribution >= 4 is 11.8 Å². The highest BCUT2D eigenvalue weighted by Crippen LogP contribution is 2.39. The van der Waals surface area contributed by atoms with E-state index in [9.17, 15) is 13.2 Å². The second-order valence-electron chi connectivity index (χ2n) is 4.23. The molecule has 0 heterocycles. The average Bonchev–Trinajstić information content (AvgIpc) is 2.47. The van der Waals surface area contributed by atoms with Crippen molar-refractivity contribution < 1.29 is 23.0 Å². The van der Waals surface area contributed by atoms with Gasteiger partial charge in [0.05, 0.1) is 24.2 Å². The molecule has 2 nitrogen and oxygen atoms in total. The number of ether oxygens (including phenoxy) is 1. The van der Waals surface area contributed by atoms with Crippen LogP contribution in [0, 0.1) is 0 Å². The minimum atomic E-state index is -4.49. The molecule has 21 heavy (non-hydrogen) atoms. The Morgan fingerprint density at radius 2 is 1.86 bits per heavy atom. The van der Waals surface area contributed by atoms with Crippen LogP contribution in [0.2, 0.25) is 0 Å². The molecule has 0 aliphatic heterocycles. The van der Waals surface area contributed by atoms with Crippen LogP contribution in [-0.4, -0.2) is 12.2 Å². The van der Waals surface area contributed by atoms with Gasteiger partial charge in [0.15, 0.2) is 0 Å². The minimum Gasteiger partial charge on any atom is -0.496 e. The van der Waals surface area contributed by atoms with E-state index in [2.05, 4.69) is 0 Å². The molecular weight excluding hydrogens is 301 g/mol. The molecule has 2 rings (SSSR count). The van der Waals surface area contributed by atoms with Crippen molar-refractivity contribution in [1.82, 2.24) is 0 Å². The van der Waals surface area contributed by atoms with Crippen LogP contribution in [0.5, 0.6) is 5.75 Å². The van der Waals surface area contributed by atoms with Gasteiger partial charge in [-0.15, -0.1) is 0 Å². The Hall–Kier alpha value is -1.66. The van der Waals surface area contributed by atoms with E-state index in [0.29, 0.717) is 10.6 Å². The molecule has 0 bridgehead atoms. The topological polar surface area (TPSA) is 29.5 Å². The Morgan fingerprint density at radius 3 is 2.48 bits per heavy atom. The van der Waals surface area contributed by atoms with Crippen molar-refractivity contribution in [3.63, 3.8) is 0 Å². The molecule has 0 radical (unpaired) electrons. The molecular formula is C15H13F3O2S. The largest absolute Gasteiger partial charge is 0.496 e. The van der Waals surface area contributed by atoms with Crippen LogP contribution in [-0.2, 0) is 12.8 Å². The third kappa shape index (κ3) is 3.71. The predicted molar refractivity (Wildman–Crippen MR) is 74.5 cm³/mol. The van der Waals surface area contributed by atoms with Gasteiger partial charge in [-0.3, -0.25) is 0 Å². The Bertz CT molecular complexity index is 627. The summed E-state index contributed by atoms with van der Waals surface area (Å²) in [6, 6.07) is 11.0. The van der Waals surface area contributed by atoms with Gasteiger partial charge in [-0.2, -0.15) is 13.2 Å². The quantitative estimate of drug-likeness (QED) is 0.909. The standard InChI is InChI=1S/C15H13F3O2S/c1-20-13-4-2-3-5-14(13)21-11-7-6-10(9-19)12(8-11)15(16,17)18/h2-8,19H,9H2,1H3. The van der Waals surface area contributed by atoms with E-state index < -0.39 is 18.3 Å². The third-order valence-electron chi connectivity index (χ3n) is 2.85. The van der Waals surface area contributed by atoms with Crippen LogP contribution in [0.25, 0.3) is 0 Å². The van der Waals surface area contributed by atoms with E-state index in [-0.39, 0.29) is 5.56 Å². The zero-order valence-electron chi connectivity index (χ0n) is 11.1. The van der Waals surface area contributed by atoms with Crippen molar-refractivity contribution in [3.8, 4) is 5.75 Å². The first-order chi connectivity index (χ1) is 9.95. The van der Waals surface area contributed by atoms with Gasteiger partial charge in [0, 0.05) is 4.90 Å². The maximum atomic E-state index is 13.0. The number of halogens is 3. The molecule has 0 saturated carbocycles. The van der Waals surface area contributed by atoms with Gasteiger partial charge in [0.2, 0.25) is 0 Å². The SMILES string of the molecule is COc1ccccc1Sc1ccc(CO)c(C(F)(F)F)c1. The first-order valence-electron chi connectivity index (χ1n) is 6.07. The van der Waals surface area contributed by atoms with Crippen LogP contribution >= 0.6 is 11.8 Å². The van der Waals surface area contributed by atoms with Gasteiger partial charge in [-0.05, 0) is 29.8 Å². The first kappa shape index (κ1) is 15.7. The Morgan fingerprint density at radius 1 is 1.14 bits per heavy atom. The van der Waals surface area contributed by atoms with Gasteiger partial charge >= 0.3 is 6.18 Å². The number of aliphatic hydroxyl groups excluding tert-OH is 1.